The molecule has 6 nitrogen and oxygen atoms in total. The maximum atomic E-state index is 14.4. The van der Waals surface area contributed by atoms with Gasteiger partial charge in [0.15, 0.2) is 5.82 Å². The van der Waals surface area contributed by atoms with Gasteiger partial charge >= 0.3 is 0 Å². The van der Waals surface area contributed by atoms with Crippen molar-refractivity contribution in [3.63, 3.8) is 0 Å². The smallest absolute Gasteiger partial charge is 0.272 e. The standard InChI is InChI=1S/C14H13FN4O2/c1-2-11(20)18-19-14(21)10-6-3-5-9(12(10)15)13-16-7-4-8-17-13/h3-8H,2H2,1H3,(H,18,20)(H,19,21). The van der Waals surface area contributed by atoms with Gasteiger partial charge in [-0.1, -0.05) is 13.0 Å². The van der Waals surface area contributed by atoms with Gasteiger partial charge in [-0.25, -0.2) is 14.4 Å². The SMILES string of the molecule is CCC(=O)NNC(=O)c1cccc(-c2ncccn2)c1F. The van der Waals surface area contributed by atoms with Crippen molar-refractivity contribution >= 4 is 11.8 Å². The zero-order valence-corrected chi connectivity index (χ0v) is 11.3. The monoisotopic (exact) mass is 288 g/mol. The molecule has 1 heterocycles. The third kappa shape index (κ3) is 3.38. The number of amides is 2. The summed E-state index contributed by atoms with van der Waals surface area (Å²) in [7, 11) is 0. The van der Waals surface area contributed by atoms with Gasteiger partial charge in [-0.15, -0.1) is 0 Å². The highest BCUT2D eigenvalue weighted by atomic mass is 19.1. The van der Waals surface area contributed by atoms with Gasteiger partial charge < -0.3 is 0 Å². The first kappa shape index (κ1) is 14.6. The fourth-order valence-corrected chi connectivity index (χ4v) is 1.60. The van der Waals surface area contributed by atoms with E-state index in [0.717, 1.165) is 0 Å². The van der Waals surface area contributed by atoms with Gasteiger partial charge in [0.25, 0.3) is 5.91 Å². The molecular formula is C14H13FN4O2. The zero-order valence-electron chi connectivity index (χ0n) is 11.3. The predicted octanol–water partition coefficient (Wildman–Crippen LogP) is 1.45. The average molecular weight is 288 g/mol. The number of benzene rings is 1. The van der Waals surface area contributed by atoms with Crippen LogP contribution < -0.4 is 10.9 Å². The van der Waals surface area contributed by atoms with Gasteiger partial charge in [0.2, 0.25) is 5.91 Å². The second-order valence-electron chi connectivity index (χ2n) is 4.10. The van der Waals surface area contributed by atoms with Gasteiger partial charge in [-0.2, -0.15) is 0 Å². The highest BCUT2D eigenvalue weighted by Gasteiger charge is 2.17. The lowest BCUT2D eigenvalue weighted by molar-refractivity contribution is -0.121. The first-order chi connectivity index (χ1) is 10.1. The molecule has 0 atom stereocenters. The minimum Gasteiger partial charge on any atom is -0.273 e. The van der Waals surface area contributed by atoms with E-state index in [1.807, 2.05) is 0 Å². The van der Waals surface area contributed by atoms with Crippen LogP contribution in [-0.4, -0.2) is 21.8 Å². The number of carbonyl (C=O) groups is 2. The second-order valence-corrected chi connectivity index (χ2v) is 4.10. The van der Waals surface area contributed by atoms with Crippen molar-refractivity contribution < 1.29 is 14.0 Å². The summed E-state index contributed by atoms with van der Waals surface area (Å²) in [6, 6.07) is 5.92. The van der Waals surface area contributed by atoms with E-state index in [1.54, 1.807) is 13.0 Å². The third-order valence-corrected chi connectivity index (χ3v) is 2.69. The molecule has 0 aliphatic rings. The third-order valence-electron chi connectivity index (χ3n) is 2.69. The number of rotatable bonds is 3. The molecule has 0 saturated carbocycles. The van der Waals surface area contributed by atoms with E-state index in [4.69, 9.17) is 0 Å². The fourth-order valence-electron chi connectivity index (χ4n) is 1.60. The number of carbonyl (C=O) groups excluding carboxylic acids is 2. The molecule has 0 aliphatic heterocycles. The molecule has 21 heavy (non-hydrogen) atoms. The van der Waals surface area contributed by atoms with Crippen LogP contribution in [0, 0.1) is 5.82 Å². The molecule has 1 aromatic heterocycles. The van der Waals surface area contributed by atoms with Gasteiger partial charge in [0.05, 0.1) is 11.1 Å². The largest absolute Gasteiger partial charge is 0.273 e. The summed E-state index contributed by atoms with van der Waals surface area (Å²) < 4.78 is 14.4. The van der Waals surface area contributed by atoms with E-state index in [-0.39, 0.29) is 29.3 Å². The number of nitrogens with zero attached hydrogens (tertiary/aromatic N) is 2. The lowest BCUT2D eigenvalue weighted by atomic mass is 10.1. The van der Waals surface area contributed by atoms with Crippen molar-refractivity contribution in [2.45, 2.75) is 13.3 Å². The normalized spacial score (nSPS) is 10.0. The van der Waals surface area contributed by atoms with Crippen LogP contribution in [0.15, 0.2) is 36.7 Å². The molecule has 2 N–H and O–H groups in total. The average Bonchev–Trinajstić information content (AvgIpc) is 2.53. The van der Waals surface area contributed by atoms with Crippen molar-refractivity contribution in [3.05, 3.63) is 48.0 Å². The van der Waals surface area contributed by atoms with E-state index < -0.39 is 11.7 Å². The van der Waals surface area contributed by atoms with E-state index in [2.05, 4.69) is 20.8 Å². The minimum absolute atomic E-state index is 0.116. The Hall–Kier alpha value is -2.83. The highest BCUT2D eigenvalue weighted by Crippen LogP contribution is 2.21. The second kappa shape index (κ2) is 6.56. The van der Waals surface area contributed by atoms with Gasteiger partial charge in [-0.3, -0.25) is 20.4 Å². The van der Waals surface area contributed by atoms with Gasteiger partial charge in [0.1, 0.15) is 5.82 Å². The lowest BCUT2D eigenvalue weighted by Crippen LogP contribution is -2.41. The van der Waals surface area contributed by atoms with E-state index in [9.17, 15) is 14.0 Å². The van der Waals surface area contributed by atoms with Crippen molar-refractivity contribution in [2.24, 2.45) is 0 Å². The quantitative estimate of drug-likeness (QED) is 0.837. The number of hydrazine groups is 1. The Morgan fingerprint density at radius 3 is 2.52 bits per heavy atom. The molecule has 2 rings (SSSR count). The Bertz CT molecular complexity index is 661. The van der Waals surface area contributed by atoms with Crippen LogP contribution in [0.1, 0.15) is 23.7 Å². The van der Waals surface area contributed by atoms with Crippen LogP contribution >= 0.6 is 0 Å². The molecule has 0 bridgehead atoms. The molecule has 0 unspecified atom stereocenters. The Kier molecular flexibility index (Phi) is 4.55. The number of aromatic nitrogens is 2. The van der Waals surface area contributed by atoms with Crippen molar-refractivity contribution in [3.8, 4) is 11.4 Å². The summed E-state index contributed by atoms with van der Waals surface area (Å²) in [6.07, 6.45) is 3.17. The lowest BCUT2D eigenvalue weighted by Gasteiger charge is -2.09. The van der Waals surface area contributed by atoms with E-state index in [1.165, 1.54) is 30.6 Å². The summed E-state index contributed by atoms with van der Waals surface area (Å²) in [5.74, 6) is -1.67. The van der Waals surface area contributed by atoms with Crippen LogP contribution in [0.2, 0.25) is 0 Å². The number of hydrogen-bond donors (Lipinski definition) is 2. The fraction of sp³-hybridized carbons (Fsp3) is 0.143. The molecule has 0 aliphatic carbocycles. The number of hydrogen-bond acceptors (Lipinski definition) is 4. The summed E-state index contributed by atoms with van der Waals surface area (Å²) in [4.78, 5) is 30.8. The topological polar surface area (TPSA) is 84.0 Å². The first-order valence-electron chi connectivity index (χ1n) is 6.28. The van der Waals surface area contributed by atoms with Crippen molar-refractivity contribution in [1.29, 1.82) is 0 Å². The maximum absolute atomic E-state index is 14.4. The number of halogens is 1. The predicted molar refractivity (Wildman–Crippen MR) is 73.3 cm³/mol. The van der Waals surface area contributed by atoms with E-state index in [0.29, 0.717) is 0 Å². The molecule has 108 valence electrons. The molecule has 0 spiro atoms. The van der Waals surface area contributed by atoms with Crippen molar-refractivity contribution in [2.75, 3.05) is 0 Å². The summed E-state index contributed by atoms with van der Waals surface area (Å²) in [5, 5.41) is 0. The molecule has 2 aromatic rings. The Morgan fingerprint density at radius 1 is 1.14 bits per heavy atom. The van der Waals surface area contributed by atoms with Crippen LogP contribution in [0.4, 0.5) is 4.39 Å². The molecule has 0 fully saturated rings. The minimum atomic E-state index is -0.744. The zero-order chi connectivity index (χ0) is 15.2. The summed E-state index contributed by atoms with van der Waals surface area (Å²) in [5.41, 5.74) is 4.25. The first-order valence-corrected chi connectivity index (χ1v) is 6.28. The summed E-state index contributed by atoms with van der Waals surface area (Å²) in [6.45, 7) is 1.63. The molecule has 1 aromatic carbocycles. The molecule has 2 amide bonds. The van der Waals surface area contributed by atoms with Crippen LogP contribution in [0.3, 0.4) is 0 Å². The Labute approximate surface area is 120 Å². The number of nitrogens with one attached hydrogen (secondary N) is 2. The maximum Gasteiger partial charge on any atom is 0.272 e. The van der Waals surface area contributed by atoms with E-state index >= 15 is 0 Å². The molecule has 7 heteroatoms. The molecular weight excluding hydrogens is 275 g/mol. The van der Waals surface area contributed by atoms with Crippen LogP contribution in [-0.2, 0) is 4.79 Å². The van der Waals surface area contributed by atoms with Crippen molar-refractivity contribution in [1.82, 2.24) is 20.8 Å². The highest BCUT2D eigenvalue weighted by molar-refractivity contribution is 5.96. The van der Waals surface area contributed by atoms with Crippen LogP contribution in [0.25, 0.3) is 11.4 Å². The summed E-state index contributed by atoms with van der Waals surface area (Å²) >= 11 is 0. The molecule has 0 radical (unpaired) electrons. The Balaban J connectivity index is 2.26. The Morgan fingerprint density at radius 2 is 1.86 bits per heavy atom. The van der Waals surface area contributed by atoms with Gasteiger partial charge in [0, 0.05) is 18.8 Å². The van der Waals surface area contributed by atoms with Crippen LogP contribution in [0.5, 0.6) is 0 Å². The molecule has 0 saturated heterocycles. The van der Waals surface area contributed by atoms with Gasteiger partial charge in [-0.05, 0) is 18.2 Å².